The molecule has 0 spiro atoms. The molecule has 1 N–H and O–H groups in total. The highest BCUT2D eigenvalue weighted by atomic mass is 32.2. The number of fused-ring (bicyclic) bond motifs is 2. The molecule has 4 aliphatic rings. The molecule has 1 atom stereocenters. The van der Waals surface area contributed by atoms with Crippen LogP contribution in [0.15, 0.2) is 18.5 Å². The van der Waals surface area contributed by atoms with Crippen molar-refractivity contribution in [3.8, 4) is 17.6 Å². The van der Waals surface area contributed by atoms with E-state index in [0.717, 1.165) is 80.2 Å². The molecule has 3 fully saturated rings. The predicted octanol–water partition coefficient (Wildman–Crippen LogP) is 3.41. The molecule has 1 amide bonds. The van der Waals surface area contributed by atoms with Crippen molar-refractivity contribution < 1.29 is 17.9 Å². The number of aryl methyl sites for hydroxylation is 1. The summed E-state index contributed by atoms with van der Waals surface area (Å²) in [7, 11) is -3.00. The average molecular weight is 593 g/mol. The number of carbonyl (C=O) groups excluding carboxylic acids is 1. The summed E-state index contributed by atoms with van der Waals surface area (Å²) >= 11 is 0. The van der Waals surface area contributed by atoms with Gasteiger partial charge in [0.1, 0.15) is 29.8 Å². The minimum absolute atomic E-state index is 0.0568. The van der Waals surface area contributed by atoms with Gasteiger partial charge in [0.25, 0.3) is 5.91 Å². The highest BCUT2D eigenvalue weighted by molar-refractivity contribution is 7.91. The van der Waals surface area contributed by atoms with Crippen LogP contribution in [0.5, 0.6) is 5.75 Å². The molecule has 0 radical (unpaired) electrons. The normalized spacial score (nSPS) is 25.5. The highest BCUT2D eigenvalue weighted by Crippen LogP contribution is 2.45. The lowest BCUT2D eigenvalue weighted by Crippen LogP contribution is -2.52. The fourth-order valence-electron chi connectivity index (χ4n) is 6.94. The summed E-state index contributed by atoms with van der Waals surface area (Å²) < 4.78 is 30.6. The van der Waals surface area contributed by atoms with Crippen LogP contribution in [0.25, 0.3) is 0 Å². The largest absolute Gasteiger partial charge is 0.483 e. The molecule has 3 aliphatic heterocycles. The Bertz CT molecular complexity index is 1500. The standard InChI is InChI=1S/C31H40N6O4S/c1-4-5-27(38)36-12-10-35(11-13-36)25-8-6-23(7-9-25)24-18-21(2)29-26(19-24)34-30-28(22(3)41-29)31(33-20-32-30)37-14-16-42(39,40)17-15-37/h18-20,22-23,25H,6-17H2,1-3H3,(H,32,33,34)/t22-,23-,25-/m1/s1. The summed E-state index contributed by atoms with van der Waals surface area (Å²) in [6.07, 6.45) is 5.80. The van der Waals surface area contributed by atoms with Gasteiger partial charge in [-0.1, -0.05) is 12.0 Å². The maximum atomic E-state index is 12.1. The monoisotopic (exact) mass is 592 g/mol. The molecule has 2 saturated heterocycles. The fraction of sp³-hybridized carbons (Fsp3) is 0.581. The summed E-state index contributed by atoms with van der Waals surface area (Å²) in [6, 6.07) is 5.06. The summed E-state index contributed by atoms with van der Waals surface area (Å²) in [5.41, 5.74) is 4.19. The van der Waals surface area contributed by atoms with E-state index in [4.69, 9.17) is 4.74 Å². The Balaban J connectivity index is 1.15. The van der Waals surface area contributed by atoms with E-state index < -0.39 is 9.84 Å². The van der Waals surface area contributed by atoms with Gasteiger partial charge in [0.15, 0.2) is 9.84 Å². The third-order valence-corrected chi connectivity index (χ3v) is 10.9. The molecule has 0 bridgehead atoms. The van der Waals surface area contributed by atoms with Crippen molar-refractivity contribution in [2.75, 3.05) is 61.0 Å². The molecule has 1 aromatic heterocycles. The second kappa shape index (κ2) is 11.7. The van der Waals surface area contributed by atoms with Crippen LogP contribution in [-0.4, -0.2) is 90.9 Å². The quantitative estimate of drug-likeness (QED) is 0.537. The summed E-state index contributed by atoms with van der Waals surface area (Å²) in [5, 5.41) is 3.56. The molecule has 2 aromatic rings. The number of anilines is 3. The van der Waals surface area contributed by atoms with E-state index in [0.29, 0.717) is 30.9 Å². The Kier molecular flexibility index (Phi) is 8.03. The Hall–Kier alpha value is -3.36. The van der Waals surface area contributed by atoms with Crippen molar-refractivity contribution in [2.45, 2.75) is 64.5 Å². The third-order valence-electron chi connectivity index (χ3n) is 9.28. The Labute approximate surface area is 248 Å². The van der Waals surface area contributed by atoms with E-state index in [1.54, 1.807) is 13.3 Å². The van der Waals surface area contributed by atoms with Crippen LogP contribution in [0.4, 0.5) is 17.3 Å². The number of piperazine rings is 1. The van der Waals surface area contributed by atoms with Gasteiger partial charge in [-0.25, -0.2) is 18.4 Å². The van der Waals surface area contributed by atoms with Crippen LogP contribution in [0.2, 0.25) is 0 Å². The van der Waals surface area contributed by atoms with Crippen molar-refractivity contribution in [3.05, 3.63) is 35.2 Å². The molecule has 6 rings (SSSR count). The number of carbonyl (C=O) groups is 1. The second-order valence-electron chi connectivity index (χ2n) is 11.9. The predicted molar refractivity (Wildman–Crippen MR) is 163 cm³/mol. The van der Waals surface area contributed by atoms with Crippen LogP contribution in [0.3, 0.4) is 0 Å². The van der Waals surface area contributed by atoms with Crippen molar-refractivity contribution in [1.29, 1.82) is 0 Å². The van der Waals surface area contributed by atoms with E-state index in [1.165, 1.54) is 5.56 Å². The van der Waals surface area contributed by atoms with Gasteiger partial charge < -0.3 is 19.9 Å². The lowest BCUT2D eigenvalue weighted by atomic mass is 9.80. The van der Waals surface area contributed by atoms with E-state index in [-0.39, 0.29) is 23.5 Å². The van der Waals surface area contributed by atoms with Gasteiger partial charge in [0.2, 0.25) is 0 Å². The van der Waals surface area contributed by atoms with Crippen LogP contribution in [-0.2, 0) is 14.6 Å². The molecular formula is C31H40N6O4S. The van der Waals surface area contributed by atoms with Gasteiger partial charge in [-0.3, -0.25) is 9.69 Å². The lowest BCUT2D eigenvalue weighted by Gasteiger charge is -2.41. The topological polar surface area (TPSA) is 108 Å². The summed E-state index contributed by atoms with van der Waals surface area (Å²) in [5.74, 6) is 8.34. The molecule has 1 aromatic carbocycles. The van der Waals surface area contributed by atoms with Crippen LogP contribution in [0, 0.1) is 18.8 Å². The van der Waals surface area contributed by atoms with Crippen molar-refractivity contribution >= 4 is 33.1 Å². The zero-order chi connectivity index (χ0) is 29.4. The zero-order valence-corrected chi connectivity index (χ0v) is 25.5. The molecule has 11 heteroatoms. The molecule has 1 aliphatic carbocycles. The number of amides is 1. The van der Waals surface area contributed by atoms with Gasteiger partial charge in [0, 0.05) is 45.3 Å². The molecule has 10 nitrogen and oxygen atoms in total. The maximum Gasteiger partial charge on any atom is 0.298 e. The SMILES string of the molecule is CC#CC(=O)N1CCN([C@H]2CC[C@H](c3cc(C)c4c(c3)Nc3ncnc(N5CCS(=O)(=O)CC5)c3[C@@H](C)O4)CC2)CC1. The molecule has 0 unspecified atom stereocenters. The number of nitrogens with one attached hydrogen (secondary N) is 1. The number of hydrogen-bond donors (Lipinski definition) is 1. The van der Waals surface area contributed by atoms with E-state index in [9.17, 15) is 13.2 Å². The maximum absolute atomic E-state index is 12.1. The summed E-state index contributed by atoms with van der Waals surface area (Å²) in [6.45, 7) is 9.99. The van der Waals surface area contributed by atoms with Gasteiger partial charge in [-0.05, 0) is 75.5 Å². The Morgan fingerprint density at radius 1 is 1.02 bits per heavy atom. The zero-order valence-electron chi connectivity index (χ0n) is 24.7. The Morgan fingerprint density at radius 2 is 1.74 bits per heavy atom. The van der Waals surface area contributed by atoms with E-state index >= 15 is 0 Å². The first-order valence-electron chi connectivity index (χ1n) is 15.1. The fourth-order valence-corrected chi connectivity index (χ4v) is 8.14. The number of rotatable bonds is 3. The molecular weight excluding hydrogens is 552 g/mol. The van der Waals surface area contributed by atoms with Crippen molar-refractivity contribution in [1.82, 2.24) is 19.8 Å². The smallest absolute Gasteiger partial charge is 0.298 e. The number of hydrogen-bond acceptors (Lipinski definition) is 9. The highest BCUT2D eigenvalue weighted by Gasteiger charge is 2.33. The minimum atomic E-state index is -3.00. The van der Waals surface area contributed by atoms with Gasteiger partial charge >= 0.3 is 0 Å². The first-order chi connectivity index (χ1) is 20.2. The first kappa shape index (κ1) is 28.7. The number of nitrogens with zero attached hydrogens (tertiary/aromatic N) is 5. The lowest BCUT2D eigenvalue weighted by molar-refractivity contribution is -0.127. The molecule has 1 saturated carbocycles. The third kappa shape index (κ3) is 5.79. The van der Waals surface area contributed by atoms with E-state index in [2.05, 4.69) is 51.1 Å². The number of aromatic nitrogens is 2. The van der Waals surface area contributed by atoms with Crippen LogP contribution < -0.4 is 15.0 Å². The summed E-state index contributed by atoms with van der Waals surface area (Å²) in [4.78, 5) is 27.7. The van der Waals surface area contributed by atoms with Crippen molar-refractivity contribution in [2.24, 2.45) is 0 Å². The second-order valence-corrected chi connectivity index (χ2v) is 14.2. The first-order valence-corrected chi connectivity index (χ1v) is 16.9. The number of benzene rings is 1. The molecule has 42 heavy (non-hydrogen) atoms. The van der Waals surface area contributed by atoms with Crippen molar-refractivity contribution in [3.63, 3.8) is 0 Å². The Morgan fingerprint density at radius 3 is 2.43 bits per heavy atom. The van der Waals surface area contributed by atoms with E-state index in [1.807, 2.05) is 16.7 Å². The van der Waals surface area contributed by atoms with Gasteiger partial charge in [0.05, 0.1) is 22.8 Å². The number of ether oxygens (including phenoxy) is 1. The van der Waals surface area contributed by atoms with Gasteiger partial charge in [-0.15, -0.1) is 0 Å². The molecule has 224 valence electrons. The van der Waals surface area contributed by atoms with Crippen LogP contribution in [0.1, 0.15) is 68.2 Å². The number of sulfone groups is 1. The minimum Gasteiger partial charge on any atom is -0.483 e. The van der Waals surface area contributed by atoms with Gasteiger partial charge in [-0.2, -0.15) is 0 Å². The average Bonchev–Trinajstić information content (AvgIpc) is 3.13. The molecule has 4 heterocycles. The van der Waals surface area contributed by atoms with Crippen LogP contribution >= 0.6 is 0 Å².